The highest BCUT2D eigenvalue weighted by Crippen LogP contribution is 2.29. The maximum atomic E-state index is 13.2. The van der Waals surface area contributed by atoms with Gasteiger partial charge in [0, 0.05) is 5.56 Å². The first-order valence-electron chi connectivity index (χ1n) is 5.76. The fourth-order valence-corrected chi connectivity index (χ4v) is 2.17. The molecule has 1 aromatic carbocycles. The molecule has 0 fully saturated rings. The van der Waals surface area contributed by atoms with Crippen molar-refractivity contribution in [3.63, 3.8) is 0 Å². The summed E-state index contributed by atoms with van der Waals surface area (Å²) in [5.74, 6) is 1.41. The topological polar surface area (TPSA) is 25.2 Å². The Hall–Kier alpha value is -1.48. The molecule has 0 saturated heterocycles. The zero-order valence-electron chi connectivity index (χ0n) is 10.6. The average Bonchev–Trinajstić information content (AvgIpc) is 2.63. The molecular formula is C14H15ClFNO. The summed E-state index contributed by atoms with van der Waals surface area (Å²) in [6.07, 6.45) is 0. The van der Waals surface area contributed by atoms with Crippen molar-refractivity contribution in [1.82, 2.24) is 0 Å². The Morgan fingerprint density at radius 3 is 2.61 bits per heavy atom. The summed E-state index contributed by atoms with van der Waals surface area (Å²) in [5.41, 5.74) is 1.63. The largest absolute Gasteiger partial charge is 0.466 e. The highest BCUT2D eigenvalue weighted by molar-refractivity contribution is 6.33. The van der Waals surface area contributed by atoms with Crippen LogP contribution in [0.5, 0.6) is 0 Å². The number of hydrogen-bond acceptors (Lipinski definition) is 2. The summed E-state index contributed by atoms with van der Waals surface area (Å²) in [6, 6.07) is 6.24. The van der Waals surface area contributed by atoms with Gasteiger partial charge in [-0.1, -0.05) is 11.6 Å². The van der Waals surface area contributed by atoms with Gasteiger partial charge in [-0.15, -0.1) is 0 Å². The monoisotopic (exact) mass is 267 g/mol. The van der Waals surface area contributed by atoms with E-state index in [1.165, 1.54) is 12.1 Å². The lowest BCUT2D eigenvalue weighted by Crippen LogP contribution is -2.07. The van der Waals surface area contributed by atoms with Gasteiger partial charge in [0.25, 0.3) is 0 Å². The number of halogens is 2. The van der Waals surface area contributed by atoms with E-state index in [1.54, 1.807) is 6.07 Å². The Morgan fingerprint density at radius 2 is 2.00 bits per heavy atom. The van der Waals surface area contributed by atoms with Crippen LogP contribution in [-0.2, 0) is 0 Å². The van der Waals surface area contributed by atoms with Crippen molar-refractivity contribution in [2.24, 2.45) is 0 Å². The quantitative estimate of drug-likeness (QED) is 0.859. The Labute approximate surface area is 111 Å². The number of rotatable bonds is 3. The number of aryl methyl sites for hydroxylation is 2. The molecule has 2 aromatic rings. The highest BCUT2D eigenvalue weighted by atomic mass is 35.5. The second-order valence-electron chi connectivity index (χ2n) is 4.36. The van der Waals surface area contributed by atoms with Crippen LogP contribution in [0.4, 0.5) is 10.1 Å². The van der Waals surface area contributed by atoms with Crippen molar-refractivity contribution in [2.45, 2.75) is 26.8 Å². The molecule has 1 heterocycles. The number of furan rings is 1. The Kier molecular flexibility index (Phi) is 3.62. The van der Waals surface area contributed by atoms with Gasteiger partial charge in [-0.05, 0) is 45.0 Å². The average molecular weight is 268 g/mol. The van der Waals surface area contributed by atoms with Gasteiger partial charge >= 0.3 is 0 Å². The SMILES string of the molecule is Cc1cc(C(C)Nc2cc(F)ccc2Cl)c(C)o1. The number of hydrogen-bond donors (Lipinski definition) is 1. The summed E-state index contributed by atoms with van der Waals surface area (Å²) >= 11 is 6.02. The van der Waals surface area contributed by atoms with E-state index in [9.17, 15) is 4.39 Å². The molecule has 18 heavy (non-hydrogen) atoms. The van der Waals surface area contributed by atoms with Crippen molar-refractivity contribution >= 4 is 17.3 Å². The number of nitrogens with one attached hydrogen (secondary N) is 1. The van der Waals surface area contributed by atoms with Gasteiger partial charge in [0.2, 0.25) is 0 Å². The molecule has 0 aliphatic heterocycles. The fourth-order valence-electron chi connectivity index (χ4n) is 2.00. The molecule has 4 heteroatoms. The van der Waals surface area contributed by atoms with Gasteiger partial charge in [-0.2, -0.15) is 0 Å². The van der Waals surface area contributed by atoms with Gasteiger partial charge in [0.1, 0.15) is 17.3 Å². The summed E-state index contributed by atoms with van der Waals surface area (Å²) in [6.45, 7) is 5.80. The zero-order chi connectivity index (χ0) is 13.3. The van der Waals surface area contributed by atoms with Crippen LogP contribution < -0.4 is 5.32 Å². The molecule has 1 N–H and O–H groups in total. The van der Waals surface area contributed by atoms with E-state index >= 15 is 0 Å². The van der Waals surface area contributed by atoms with Gasteiger partial charge in [-0.25, -0.2) is 4.39 Å². The van der Waals surface area contributed by atoms with Crippen molar-refractivity contribution < 1.29 is 8.81 Å². The van der Waals surface area contributed by atoms with E-state index < -0.39 is 0 Å². The molecule has 1 unspecified atom stereocenters. The van der Waals surface area contributed by atoms with E-state index in [0.717, 1.165) is 17.1 Å². The lowest BCUT2D eigenvalue weighted by Gasteiger charge is -2.15. The smallest absolute Gasteiger partial charge is 0.125 e. The molecular weight excluding hydrogens is 253 g/mol. The van der Waals surface area contributed by atoms with Crippen molar-refractivity contribution in [2.75, 3.05) is 5.32 Å². The van der Waals surface area contributed by atoms with E-state index in [-0.39, 0.29) is 11.9 Å². The summed E-state index contributed by atoms with van der Waals surface area (Å²) in [7, 11) is 0. The number of benzene rings is 1. The van der Waals surface area contributed by atoms with Crippen LogP contribution in [-0.4, -0.2) is 0 Å². The van der Waals surface area contributed by atoms with Crippen LogP contribution in [0.3, 0.4) is 0 Å². The first kappa shape index (κ1) is 13.0. The molecule has 0 saturated carbocycles. The van der Waals surface area contributed by atoms with E-state index in [0.29, 0.717) is 10.7 Å². The molecule has 0 aliphatic rings. The third kappa shape index (κ3) is 2.67. The van der Waals surface area contributed by atoms with Crippen LogP contribution in [0.1, 0.15) is 30.0 Å². The molecule has 1 aromatic heterocycles. The lowest BCUT2D eigenvalue weighted by molar-refractivity contribution is 0.500. The van der Waals surface area contributed by atoms with Crippen LogP contribution in [0.15, 0.2) is 28.7 Å². The molecule has 0 bridgehead atoms. The molecule has 2 rings (SSSR count). The van der Waals surface area contributed by atoms with E-state index in [1.807, 2.05) is 26.8 Å². The van der Waals surface area contributed by atoms with Crippen LogP contribution in [0, 0.1) is 19.7 Å². The highest BCUT2D eigenvalue weighted by Gasteiger charge is 2.14. The van der Waals surface area contributed by atoms with Crippen molar-refractivity contribution in [3.8, 4) is 0 Å². The maximum absolute atomic E-state index is 13.2. The van der Waals surface area contributed by atoms with Gasteiger partial charge in [0.05, 0.1) is 16.8 Å². The van der Waals surface area contributed by atoms with Crippen LogP contribution in [0.2, 0.25) is 5.02 Å². The van der Waals surface area contributed by atoms with Crippen molar-refractivity contribution in [3.05, 3.63) is 52.2 Å². The third-order valence-corrected chi connectivity index (χ3v) is 3.18. The minimum atomic E-state index is -0.311. The Morgan fingerprint density at radius 1 is 1.28 bits per heavy atom. The molecule has 96 valence electrons. The Bertz CT molecular complexity index is 565. The first-order chi connectivity index (χ1) is 8.47. The van der Waals surface area contributed by atoms with Gasteiger partial charge in [-0.3, -0.25) is 0 Å². The summed E-state index contributed by atoms with van der Waals surface area (Å²) in [4.78, 5) is 0. The molecule has 0 radical (unpaired) electrons. The van der Waals surface area contributed by atoms with Crippen LogP contribution in [0.25, 0.3) is 0 Å². The van der Waals surface area contributed by atoms with E-state index in [2.05, 4.69) is 5.32 Å². The zero-order valence-corrected chi connectivity index (χ0v) is 11.3. The first-order valence-corrected chi connectivity index (χ1v) is 6.13. The second kappa shape index (κ2) is 5.02. The van der Waals surface area contributed by atoms with Gasteiger partial charge < -0.3 is 9.73 Å². The van der Waals surface area contributed by atoms with Gasteiger partial charge in [0.15, 0.2) is 0 Å². The van der Waals surface area contributed by atoms with Crippen LogP contribution >= 0.6 is 11.6 Å². The minimum Gasteiger partial charge on any atom is -0.466 e. The summed E-state index contributed by atoms with van der Waals surface area (Å²) < 4.78 is 18.6. The second-order valence-corrected chi connectivity index (χ2v) is 4.77. The third-order valence-electron chi connectivity index (χ3n) is 2.85. The maximum Gasteiger partial charge on any atom is 0.125 e. The minimum absolute atomic E-state index is 0.00162. The summed E-state index contributed by atoms with van der Waals surface area (Å²) in [5, 5.41) is 3.69. The van der Waals surface area contributed by atoms with Crippen molar-refractivity contribution in [1.29, 1.82) is 0 Å². The molecule has 2 nitrogen and oxygen atoms in total. The molecule has 0 spiro atoms. The number of anilines is 1. The predicted octanol–water partition coefficient (Wildman–Crippen LogP) is 4.86. The molecule has 0 aliphatic carbocycles. The fraction of sp³-hybridized carbons (Fsp3) is 0.286. The predicted molar refractivity (Wildman–Crippen MR) is 71.6 cm³/mol. The Balaban J connectivity index is 2.23. The molecule has 1 atom stereocenters. The van der Waals surface area contributed by atoms with E-state index in [4.69, 9.17) is 16.0 Å². The lowest BCUT2D eigenvalue weighted by atomic mass is 10.1. The molecule has 0 amide bonds. The normalized spacial score (nSPS) is 12.5. The standard InChI is InChI=1S/C14H15ClFNO/c1-8-6-12(10(3)18-8)9(2)17-14-7-11(16)4-5-13(14)15/h4-7,9,17H,1-3H3.